The molecule has 3 aliphatic heterocycles. The lowest BCUT2D eigenvalue weighted by atomic mass is 9.96. The van der Waals surface area contributed by atoms with Crippen LogP contribution in [0.2, 0.25) is 0 Å². The lowest BCUT2D eigenvalue weighted by Gasteiger charge is -2.47. The van der Waals surface area contributed by atoms with Gasteiger partial charge in [0, 0.05) is 0 Å². The van der Waals surface area contributed by atoms with Crippen LogP contribution >= 0.6 is 0 Å². The fourth-order valence-electron chi connectivity index (χ4n) is 3.97. The molecule has 0 saturated carbocycles. The quantitative estimate of drug-likeness (QED) is 0.154. The molecule has 0 unspecified atom stereocenters. The van der Waals surface area contributed by atoms with Crippen molar-refractivity contribution in [2.24, 2.45) is 0 Å². The topological polar surface area (TPSA) is 269 Å². The Balaban J connectivity index is 1.76. The molecule has 0 radical (unpaired) electrons. The average Bonchev–Trinajstić information content (AvgIpc) is 2.83. The number of hydrogen-bond acceptors (Lipinski definition) is 16. The van der Waals surface area contributed by atoms with Crippen molar-refractivity contribution in [2.45, 2.75) is 92.1 Å². The molecule has 0 amide bonds. The Morgan fingerprint density at radius 3 is 1.18 bits per heavy atom. The molecule has 0 aromatic heterocycles. The minimum absolute atomic E-state index is 0.750. The largest absolute Gasteiger partial charge is 0.394 e. The van der Waals surface area contributed by atoms with Gasteiger partial charge in [-0.05, 0) is 0 Å². The van der Waals surface area contributed by atoms with Crippen LogP contribution in [-0.4, -0.2) is 168 Å². The minimum Gasteiger partial charge on any atom is -0.394 e. The van der Waals surface area contributed by atoms with Gasteiger partial charge in [0.05, 0.1) is 19.8 Å². The van der Waals surface area contributed by atoms with Crippen molar-refractivity contribution >= 4 is 0 Å². The van der Waals surface area contributed by atoms with Gasteiger partial charge in [-0.1, -0.05) is 0 Å². The van der Waals surface area contributed by atoms with Crippen LogP contribution in [0.4, 0.5) is 0 Å². The fraction of sp³-hybridized carbons (Fsp3) is 1.00. The van der Waals surface area contributed by atoms with Gasteiger partial charge in [0.2, 0.25) is 0 Å². The van der Waals surface area contributed by atoms with Gasteiger partial charge >= 0.3 is 0 Å². The van der Waals surface area contributed by atoms with E-state index in [4.69, 9.17) is 23.7 Å². The zero-order valence-corrected chi connectivity index (χ0v) is 17.7. The molecule has 0 aromatic rings. The van der Waals surface area contributed by atoms with Crippen LogP contribution in [0.15, 0.2) is 0 Å². The van der Waals surface area contributed by atoms with Crippen molar-refractivity contribution in [1.82, 2.24) is 0 Å². The second kappa shape index (κ2) is 11.6. The van der Waals surface area contributed by atoms with Gasteiger partial charge in [0.25, 0.3) is 0 Å². The van der Waals surface area contributed by atoms with Gasteiger partial charge in [-0.2, -0.15) is 0 Å². The SMILES string of the molecule is OC[C@H]1O[C@@H](O[C@@H]2[C@@H](O)[C@@H](O[C@H]3O[C@H](CO)[C@@H](O)[C@H](O)[C@H]3O)O[C@H](CO)[C@H]2O)[C@H](O)[C@@H](O)[C@@H]1O. The van der Waals surface area contributed by atoms with E-state index < -0.39 is 112 Å². The summed E-state index contributed by atoms with van der Waals surface area (Å²) in [5, 5.41) is 109. The highest BCUT2D eigenvalue weighted by Crippen LogP contribution is 2.31. The maximum absolute atomic E-state index is 10.7. The maximum atomic E-state index is 10.7. The van der Waals surface area contributed by atoms with E-state index in [0.29, 0.717) is 0 Å². The molecule has 3 heterocycles. The molecule has 3 saturated heterocycles. The van der Waals surface area contributed by atoms with Gasteiger partial charge in [-0.3, -0.25) is 0 Å². The second-order valence-corrected chi connectivity index (χ2v) is 8.34. The smallest absolute Gasteiger partial charge is 0.189 e. The molecule has 11 N–H and O–H groups in total. The minimum atomic E-state index is -1.91. The van der Waals surface area contributed by atoms with Gasteiger partial charge in [-0.25, -0.2) is 0 Å². The normalized spacial score (nSPS) is 52.5. The van der Waals surface area contributed by atoms with Crippen molar-refractivity contribution < 1.29 is 79.9 Å². The third-order valence-electron chi connectivity index (χ3n) is 6.08. The molecule has 34 heavy (non-hydrogen) atoms. The third-order valence-corrected chi connectivity index (χ3v) is 6.08. The van der Waals surface area contributed by atoms with Gasteiger partial charge < -0.3 is 79.9 Å². The van der Waals surface area contributed by atoms with Gasteiger partial charge in [0.1, 0.15) is 73.2 Å². The molecule has 3 rings (SSSR count). The molecule has 0 bridgehead atoms. The van der Waals surface area contributed by atoms with Crippen molar-refractivity contribution in [3.8, 4) is 0 Å². The first kappa shape index (κ1) is 27.9. The predicted molar refractivity (Wildman–Crippen MR) is 101 cm³/mol. The van der Waals surface area contributed by atoms with Crippen LogP contribution in [0.5, 0.6) is 0 Å². The Bertz CT molecular complexity index is 637. The molecule has 16 heteroatoms. The molecule has 200 valence electrons. The summed E-state index contributed by atoms with van der Waals surface area (Å²) in [7, 11) is 0. The molecule has 15 atom stereocenters. The van der Waals surface area contributed by atoms with Crippen LogP contribution in [-0.2, 0) is 23.7 Å². The monoisotopic (exact) mass is 504 g/mol. The zero-order chi connectivity index (χ0) is 25.3. The van der Waals surface area contributed by atoms with E-state index in [1.54, 1.807) is 0 Å². The van der Waals surface area contributed by atoms with E-state index in [9.17, 15) is 56.2 Å². The second-order valence-electron chi connectivity index (χ2n) is 8.34. The van der Waals surface area contributed by atoms with Crippen molar-refractivity contribution in [1.29, 1.82) is 0 Å². The van der Waals surface area contributed by atoms with E-state index in [1.165, 1.54) is 0 Å². The third kappa shape index (κ3) is 5.37. The van der Waals surface area contributed by atoms with Crippen LogP contribution in [0, 0.1) is 0 Å². The lowest BCUT2D eigenvalue weighted by Crippen LogP contribution is -2.66. The fourth-order valence-corrected chi connectivity index (χ4v) is 3.97. The van der Waals surface area contributed by atoms with Crippen molar-refractivity contribution in [3.05, 3.63) is 0 Å². The van der Waals surface area contributed by atoms with Crippen molar-refractivity contribution in [3.63, 3.8) is 0 Å². The lowest BCUT2D eigenvalue weighted by molar-refractivity contribution is -0.393. The Hall–Kier alpha value is -0.640. The van der Waals surface area contributed by atoms with Crippen molar-refractivity contribution in [2.75, 3.05) is 19.8 Å². The summed E-state index contributed by atoms with van der Waals surface area (Å²) in [6, 6.07) is 0. The molecule has 3 aliphatic rings. The van der Waals surface area contributed by atoms with E-state index in [-0.39, 0.29) is 0 Å². The molecule has 0 spiro atoms. The van der Waals surface area contributed by atoms with E-state index in [2.05, 4.69) is 0 Å². The molecule has 3 fully saturated rings. The summed E-state index contributed by atoms with van der Waals surface area (Å²) in [6.07, 6.45) is -25.4. The summed E-state index contributed by atoms with van der Waals surface area (Å²) in [5.74, 6) is 0. The number of aliphatic hydroxyl groups is 11. The average molecular weight is 504 g/mol. The predicted octanol–water partition coefficient (Wildman–Crippen LogP) is -7.57. The van der Waals surface area contributed by atoms with Gasteiger partial charge in [-0.15, -0.1) is 0 Å². The number of rotatable bonds is 7. The Morgan fingerprint density at radius 2 is 0.765 bits per heavy atom. The Kier molecular flexibility index (Phi) is 9.54. The first-order valence-electron chi connectivity index (χ1n) is 10.6. The molecule has 0 aromatic carbocycles. The van der Waals surface area contributed by atoms with Crippen LogP contribution in [0.1, 0.15) is 0 Å². The summed E-state index contributed by atoms with van der Waals surface area (Å²) < 4.78 is 26.5. The van der Waals surface area contributed by atoms with Gasteiger partial charge in [0.15, 0.2) is 18.9 Å². The highest BCUT2D eigenvalue weighted by atomic mass is 16.8. The highest BCUT2D eigenvalue weighted by Gasteiger charge is 2.53. The molecule has 0 aliphatic carbocycles. The first-order valence-corrected chi connectivity index (χ1v) is 10.6. The zero-order valence-electron chi connectivity index (χ0n) is 17.7. The summed E-state index contributed by atoms with van der Waals surface area (Å²) >= 11 is 0. The number of aliphatic hydroxyl groups excluding tert-OH is 11. The molecular weight excluding hydrogens is 472 g/mol. The van der Waals surface area contributed by atoms with E-state index in [1.807, 2.05) is 0 Å². The molecule has 16 nitrogen and oxygen atoms in total. The maximum Gasteiger partial charge on any atom is 0.189 e. The van der Waals surface area contributed by atoms with Crippen LogP contribution < -0.4 is 0 Å². The standard InChI is InChI=1S/C18H32O16/c19-1-4-7(22)10(25)12(27)16(30-4)33-15-9(24)6(3-21)32-18(14(15)29)34-17-13(28)11(26)8(23)5(2-20)31-17/h4-29H,1-3H2/t4-,5-,6-,7-,8-,9-,10+,11+,12-,13-,14-,15+,16+,17-,18-/m1/s1. The number of ether oxygens (including phenoxy) is 5. The van der Waals surface area contributed by atoms with Crippen LogP contribution in [0.3, 0.4) is 0 Å². The first-order chi connectivity index (χ1) is 16.0. The summed E-state index contributed by atoms with van der Waals surface area (Å²) in [6.45, 7) is -2.32. The summed E-state index contributed by atoms with van der Waals surface area (Å²) in [4.78, 5) is 0. The van der Waals surface area contributed by atoms with E-state index in [0.717, 1.165) is 0 Å². The Labute approximate surface area is 192 Å². The highest BCUT2D eigenvalue weighted by molar-refractivity contribution is 4.95. The molecular formula is C18H32O16. The van der Waals surface area contributed by atoms with E-state index >= 15 is 0 Å². The van der Waals surface area contributed by atoms with Crippen LogP contribution in [0.25, 0.3) is 0 Å². The number of hydrogen-bond donors (Lipinski definition) is 11. The Morgan fingerprint density at radius 1 is 0.412 bits per heavy atom. The summed E-state index contributed by atoms with van der Waals surface area (Å²) in [5.41, 5.74) is 0.